The third-order valence-electron chi connectivity index (χ3n) is 3.68. The summed E-state index contributed by atoms with van der Waals surface area (Å²) in [7, 11) is 0. The van der Waals surface area contributed by atoms with Crippen molar-refractivity contribution in [2.45, 2.75) is 52.1 Å². The molecule has 2 rings (SSSR count). The Balaban J connectivity index is 1.89. The van der Waals surface area contributed by atoms with Crippen molar-refractivity contribution < 1.29 is 0 Å². The van der Waals surface area contributed by atoms with Crippen molar-refractivity contribution in [2.24, 2.45) is 0 Å². The maximum Gasteiger partial charge on any atom is 0.138 e. The minimum absolute atomic E-state index is 0.429. The second-order valence-corrected chi connectivity index (χ2v) is 5.31. The van der Waals surface area contributed by atoms with Gasteiger partial charge in [0.2, 0.25) is 0 Å². The van der Waals surface area contributed by atoms with E-state index < -0.39 is 0 Å². The zero-order chi connectivity index (χ0) is 14.9. The average Bonchev–Trinajstić information content (AvgIpc) is 2.95. The predicted octanol–water partition coefficient (Wildman–Crippen LogP) is 3.36. The van der Waals surface area contributed by atoms with Gasteiger partial charge in [-0.25, -0.2) is 4.98 Å². The summed E-state index contributed by atoms with van der Waals surface area (Å²) in [5.74, 6) is 1.11. The molecule has 4 heteroatoms. The number of rotatable bonds is 9. The summed E-state index contributed by atoms with van der Waals surface area (Å²) in [5, 5.41) is 7.86. The van der Waals surface area contributed by atoms with Gasteiger partial charge in [0.05, 0.1) is 0 Å². The van der Waals surface area contributed by atoms with Crippen LogP contribution in [0.15, 0.2) is 36.7 Å². The lowest BCUT2D eigenvalue weighted by Crippen LogP contribution is -2.21. The quantitative estimate of drug-likeness (QED) is 0.768. The molecule has 0 aliphatic carbocycles. The van der Waals surface area contributed by atoms with Gasteiger partial charge in [-0.05, 0) is 31.4 Å². The normalized spacial score (nSPS) is 12.5. The molecule has 2 aromatic rings. The van der Waals surface area contributed by atoms with Crippen molar-refractivity contribution in [1.82, 2.24) is 20.1 Å². The van der Waals surface area contributed by atoms with Crippen molar-refractivity contribution in [1.29, 1.82) is 0 Å². The third kappa shape index (κ3) is 4.67. The average molecular weight is 286 g/mol. The second-order valence-electron chi connectivity index (χ2n) is 5.31. The van der Waals surface area contributed by atoms with Crippen LogP contribution in [-0.2, 0) is 13.0 Å². The minimum Gasteiger partial charge on any atom is -0.310 e. The highest BCUT2D eigenvalue weighted by Crippen LogP contribution is 2.19. The number of nitrogens with one attached hydrogen (secondary N) is 1. The van der Waals surface area contributed by atoms with E-state index in [1.54, 1.807) is 6.33 Å². The minimum atomic E-state index is 0.429. The molecule has 1 aromatic carbocycles. The van der Waals surface area contributed by atoms with Crippen LogP contribution < -0.4 is 5.32 Å². The highest BCUT2D eigenvalue weighted by Gasteiger charge is 2.10. The van der Waals surface area contributed by atoms with Crippen molar-refractivity contribution in [3.8, 4) is 0 Å². The molecule has 1 heterocycles. The molecule has 1 atom stereocenters. The molecule has 0 amide bonds. The Morgan fingerprint density at radius 3 is 2.71 bits per heavy atom. The van der Waals surface area contributed by atoms with E-state index in [-0.39, 0.29) is 0 Å². The van der Waals surface area contributed by atoms with Gasteiger partial charge in [-0.3, -0.25) is 4.68 Å². The van der Waals surface area contributed by atoms with Crippen LogP contribution in [0.4, 0.5) is 0 Å². The number of benzene rings is 1. The Hall–Kier alpha value is -1.68. The van der Waals surface area contributed by atoms with Gasteiger partial charge in [0.1, 0.15) is 12.2 Å². The number of aryl methyl sites for hydroxylation is 2. The first-order chi connectivity index (χ1) is 10.3. The number of nitrogens with zero attached hydrogens (tertiary/aromatic N) is 3. The van der Waals surface area contributed by atoms with Gasteiger partial charge in [-0.2, -0.15) is 5.10 Å². The zero-order valence-electron chi connectivity index (χ0n) is 13.1. The predicted molar refractivity (Wildman–Crippen MR) is 86.1 cm³/mol. The Bertz CT molecular complexity index is 507. The maximum atomic E-state index is 4.38. The Kier molecular flexibility index (Phi) is 6.41. The first-order valence-corrected chi connectivity index (χ1v) is 8.00. The topological polar surface area (TPSA) is 42.7 Å². The van der Waals surface area contributed by atoms with Crippen LogP contribution in [0.25, 0.3) is 0 Å². The summed E-state index contributed by atoms with van der Waals surface area (Å²) in [6.45, 7) is 6.28. The Morgan fingerprint density at radius 2 is 2.00 bits per heavy atom. The molecule has 1 unspecified atom stereocenters. The van der Waals surface area contributed by atoms with E-state index in [0.717, 1.165) is 44.6 Å². The van der Waals surface area contributed by atoms with Gasteiger partial charge in [0, 0.05) is 19.0 Å². The summed E-state index contributed by atoms with van der Waals surface area (Å²) in [4.78, 5) is 4.38. The standard InChI is InChI=1S/C17H26N4/c1-3-13-21-17(19-14-20-21)12-8-11-16(18-4-2)15-9-6-5-7-10-15/h5-7,9-10,14,16,18H,3-4,8,11-13H2,1-2H3. The molecule has 114 valence electrons. The van der Waals surface area contributed by atoms with Crippen LogP contribution in [0, 0.1) is 0 Å². The van der Waals surface area contributed by atoms with Gasteiger partial charge in [0.15, 0.2) is 0 Å². The first kappa shape index (κ1) is 15.7. The van der Waals surface area contributed by atoms with Crippen LogP contribution in [0.3, 0.4) is 0 Å². The monoisotopic (exact) mass is 286 g/mol. The second kappa shape index (κ2) is 8.57. The molecule has 1 aromatic heterocycles. The van der Waals surface area contributed by atoms with Crippen LogP contribution in [0.2, 0.25) is 0 Å². The largest absolute Gasteiger partial charge is 0.310 e. The van der Waals surface area contributed by atoms with Crippen molar-refractivity contribution in [3.63, 3.8) is 0 Å². The van der Waals surface area contributed by atoms with Crippen LogP contribution in [-0.4, -0.2) is 21.3 Å². The van der Waals surface area contributed by atoms with Gasteiger partial charge in [-0.15, -0.1) is 0 Å². The lowest BCUT2D eigenvalue weighted by atomic mass is 10.0. The fraction of sp³-hybridized carbons (Fsp3) is 0.529. The molecule has 0 spiro atoms. The van der Waals surface area contributed by atoms with E-state index in [0.29, 0.717) is 6.04 Å². The van der Waals surface area contributed by atoms with E-state index in [4.69, 9.17) is 0 Å². The Labute approximate surface area is 127 Å². The molecule has 0 fully saturated rings. The molecule has 0 aliphatic rings. The van der Waals surface area contributed by atoms with E-state index in [1.807, 2.05) is 4.68 Å². The fourth-order valence-corrected chi connectivity index (χ4v) is 2.66. The molecule has 0 saturated heterocycles. The van der Waals surface area contributed by atoms with Crippen LogP contribution in [0.1, 0.15) is 50.5 Å². The van der Waals surface area contributed by atoms with Gasteiger partial charge in [0.25, 0.3) is 0 Å². The SMILES string of the molecule is CCCn1ncnc1CCCC(NCC)c1ccccc1. The van der Waals surface area contributed by atoms with E-state index in [9.17, 15) is 0 Å². The summed E-state index contributed by atoms with van der Waals surface area (Å²) < 4.78 is 2.03. The van der Waals surface area contributed by atoms with Crippen molar-refractivity contribution in [2.75, 3.05) is 6.54 Å². The summed E-state index contributed by atoms with van der Waals surface area (Å²) in [6.07, 6.45) is 6.00. The number of aromatic nitrogens is 3. The van der Waals surface area contributed by atoms with Gasteiger partial charge >= 0.3 is 0 Å². The molecule has 0 radical (unpaired) electrons. The van der Waals surface area contributed by atoms with E-state index in [2.05, 4.69) is 59.6 Å². The van der Waals surface area contributed by atoms with Crippen LogP contribution >= 0.6 is 0 Å². The number of hydrogen-bond acceptors (Lipinski definition) is 3. The van der Waals surface area contributed by atoms with Gasteiger partial charge < -0.3 is 5.32 Å². The molecule has 1 N–H and O–H groups in total. The highest BCUT2D eigenvalue weighted by atomic mass is 15.3. The molecule has 0 aliphatic heterocycles. The van der Waals surface area contributed by atoms with E-state index in [1.165, 1.54) is 5.56 Å². The van der Waals surface area contributed by atoms with Crippen molar-refractivity contribution >= 4 is 0 Å². The Morgan fingerprint density at radius 1 is 1.19 bits per heavy atom. The molecule has 0 bridgehead atoms. The number of hydrogen-bond donors (Lipinski definition) is 1. The highest BCUT2D eigenvalue weighted by molar-refractivity contribution is 5.18. The molecule has 0 saturated carbocycles. The van der Waals surface area contributed by atoms with Crippen molar-refractivity contribution in [3.05, 3.63) is 48.0 Å². The summed E-state index contributed by atoms with van der Waals surface area (Å²) in [6, 6.07) is 11.1. The lowest BCUT2D eigenvalue weighted by Gasteiger charge is -2.18. The molecular formula is C17H26N4. The maximum absolute atomic E-state index is 4.38. The van der Waals surface area contributed by atoms with Gasteiger partial charge in [-0.1, -0.05) is 44.2 Å². The summed E-state index contributed by atoms with van der Waals surface area (Å²) >= 11 is 0. The third-order valence-corrected chi connectivity index (χ3v) is 3.68. The lowest BCUT2D eigenvalue weighted by molar-refractivity contribution is 0.485. The fourth-order valence-electron chi connectivity index (χ4n) is 2.66. The van der Waals surface area contributed by atoms with E-state index >= 15 is 0 Å². The summed E-state index contributed by atoms with van der Waals surface area (Å²) in [5.41, 5.74) is 1.37. The first-order valence-electron chi connectivity index (χ1n) is 8.00. The smallest absolute Gasteiger partial charge is 0.138 e. The molecule has 4 nitrogen and oxygen atoms in total. The molecular weight excluding hydrogens is 260 g/mol. The molecule has 21 heavy (non-hydrogen) atoms. The zero-order valence-corrected chi connectivity index (χ0v) is 13.1. The van der Waals surface area contributed by atoms with Crippen LogP contribution in [0.5, 0.6) is 0 Å².